The monoisotopic (exact) mass is 245 g/mol. The summed E-state index contributed by atoms with van der Waals surface area (Å²) in [4.78, 5) is 0. The van der Waals surface area contributed by atoms with Crippen LogP contribution in [0.15, 0.2) is 42.5 Å². The summed E-state index contributed by atoms with van der Waals surface area (Å²) in [6.07, 6.45) is 0. The van der Waals surface area contributed by atoms with Crippen molar-refractivity contribution in [2.45, 2.75) is 13.5 Å². The van der Waals surface area contributed by atoms with E-state index in [0.29, 0.717) is 13.2 Å². The molecule has 0 amide bonds. The van der Waals surface area contributed by atoms with E-state index in [4.69, 9.17) is 10.5 Å². The fraction of sp³-hybridized carbons (Fsp3) is 0.200. The smallest absolute Gasteiger partial charge is 0.123 e. The molecule has 0 saturated heterocycles. The maximum absolute atomic E-state index is 13.2. The lowest BCUT2D eigenvalue weighted by atomic mass is 9.99. The average Bonchev–Trinajstić information content (AvgIpc) is 2.39. The van der Waals surface area contributed by atoms with Crippen LogP contribution in [0.25, 0.3) is 11.1 Å². The van der Waals surface area contributed by atoms with Gasteiger partial charge in [-0.05, 0) is 47.9 Å². The molecule has 0 aliphatic carbocycles. The van der Waals surface area contributed by atoms with Gasteiger partial charge in [0.2, 0.25) is 0 Å². The van der Waals surface area contributed by atoms with Crippen molar-refractivity contribution in [1.29, 1.82) is 0 Å². The first-order valence-electron chi connectivity index (χ1n) is 5.96. The van der Waals surface area contributed by atoms with E-state index in [1.165, 1.54) is 12.1 Å². The molecule has 2 aromatic carbocycles. The summed E-state index contributed by atoms with van der Waals surface area (Å²) in [5.41, 5.74) is 8.38. The van der Waals surface area contributed by atoms with E-state index < -0.39 is 0 Å². The molecule has 0 heterocycles. The molecule has 18 heavy (non-hydrogen) atoms. The van der Waals surface area contributed by atoms with Crippen molar-refractivity contribution in [2.75, 3.05) is 6.61 Å². The van der Waals surface area contributed by atoms with E-state index in [1.54, 1.807) is 6.07 Å². The Bertz CT molecular complexity index is 540. The Balaban J connectivity index is 2.44. The van der Waals surface area contributed by atoms with Crippen molar-refractivity contribution >= 4 is 0 Å². The van der Waals surface area contributed by atoms with E-state index in [9.17, 15) is 4.39 Å². The molecule has 0 spiro atoms. The molecular weight excluding hydrogens is 229 g/mol. The number of hydrogen-bond donors (Lipinski definition) is 1. The second kappa shape index (κ2) is 5.65. The molecule has 0 aromatic heterocycles. The zero-order valence-electron chi connectivity index (χ0n) is 10.3. The van der Waals surface area contributed by atoms with E-state index in [0.717, 1.165) is 22.4 Å². The molecular formula is C15H16FNO. The van der Waals surface area contributed by atoms with Crippen LogP contribution in [0.5, 0.6) is 5.75 Å². The predicted molar refractivity (Wildman–Crippen MR) is 70.9 cm³/mol. The molecule has 0 saturated carbocycles. The Morgan fingerprint density at radius 3 is 2.72 bits per heavy atom. The maximum Gasteiger partial charge on any atom is 0.123 e. The van der Waals surface area contributed by atoms with Gasteiger partial charge in [0.05, 0.1) is 6.61 Å². The van der Waals surface area contributed by atoms with Gasteiger partial charge in [0, 0.05) is 6.54 Å². The molecule has 2 aromatic rings. The lowest BCUT2D eigenvalue weighted by Crippen LogP contribution is -2.00. The van der Waals surface area contributed by atoms with Gasteiger partial charge in [-0.3, -0.25) is 0 Å². The van der Waals surface area contributed by atoms with Crippen LogP contribution in [0.3, 0.4) is 0 Å². The lowest BCUT2D eigenvalue weighted by Gasteiger charge is -2.10. The molecule has 94 valence electrons. The Kier molecular flexibility index (Phi) is 3.95. The van der Waals surface area contributed by atoms with E-state index in [1.807, 2.05) is 31.2 Å². The molecule has 0 unspecified atom stereocenters. The van der Waals surface area contributed by atoms with Gasteiger partial charge >= 0.3 is 0 Å². The number of rotatable bonds is 4. The van der Waals surface area contributed by atoms with Gasteiger partial charge in [0.1, 0.15) is 11.6 Å². The van der Waals surface area contributed by atoms with Crippen LogP contribution in [0.2, 0.25) is 0 Å². The zero-order valence-corrected chi connectivity index (χ0v) is 10.3. The molecule has 0 fully saturated rings. The highest BCUT2D eigenvalue weighted by Gasteiger charge is 2.06. The number of hydrogen-bond acceptors (Lipinski definition) is 2. The van der Waals surface area contributed by atoms with Crippen LogP contribution in [0, 0.1) is 5.82 Å². The number of ether oxygens (including phenoxy) is 1. The van der Waals surface area contributed by atoms with Crippen molar-refractivity contribution in [3.05, 3.63) is 53.8 Å². The average molecular weight is 245 g/mol. The molecule has 0 bridgehead atoms. The molecule has 3 heteroatoms. The minimum Gasteiger partial charge on any atom is -0.494 e. The molecule has 0 radical (unpaired) electrons. The first-order chi connectivity index (χ1) is 8.74. The van der Waals surface area contributed by atoms with Crippen LogP contribution in [0.1, 0.15) is 12.5 Å². The highest BCUT2D eigenvalue weighted by atomic mass is 19.1. The molecule has 0 aliphatic rings. The number of halogens is 1. The minimum atomic E-state index is -0.264. The Hall–Kier alpha value is -1.87. The molecule has 0 aliphatic heterocycles. The summed E-state index contributed by atoms with van der Waals surface area (Å²) in [5, 5.41) is 0. The van der Waals surface area contributed by atoms with Gasteiger partial charge in [-0.15, -0.1) is 0 Å². The fourth-order valence-electron chi connectivity index (χ4n) is 1.93. The molecule has 2 rings (SSSR count). The van der Waals surface area contributed by atoms with Gasteiger partial charge in [-0.2, -0.15) is 0 Å². The van der Waals surface area contributed by atoms with Crippen LogP contribution >= 0.6 is 0 Å². The number of benzene rings is 2. The third-order valence-electron chi connectivity index (χ3n) is 2.74. The van der Waals surface area contributed by atoms with Crippen molar-refractivity contribution < 1.29 is 9.13 Å². The fourth-order valence-corrected chi connectivity index (χ4v) is 1.93. The second-order valence-electron chi connectivity index (χ2n) is 3.97. The largest absolute Gasteiger partial charge is 0.494 e. The summed E-state index contributed by atoms with van der Waals surface area (Å²) in [6.45, 7) is 2.87. The SMILES string of the molecule is CCOc1cccc(-c2ccc(F)cc2CN)c1. The maximum atomic E-state index is 13.2. The number of nitrogens with two attached hydrogens (primary N) is 1. The normalized spacial score (nSPS) is 10.4. The first kappa shape index (κ1) is 12.6. The van der Waals surface area contributed by atoms with Gasteiger partial charge in [0.25, 0.3) is 0 Å². The highest BCUT2D eigenvalue weighted by Crippen LogP contribution is 2.27. The van der Waals surface area contributed by atoms with Crippen LogP contribution in [-0.2, 0) is 6.54 Å². The van der Waals surface area contributed by atoms with E-state index >= 15 is 0 Å². The summed E-state index contributed by atoms with van der Waals surface area (Å²) in [5.74, 6) is 0.544. The third-order valence-corrected chi connectivity index (χ3v) is 2.74. The lowest BCUT2D eigenvalue weighted by molar-refractivity contribution is 0.340. The van der Waals surface area contributed by atoms with Gasteiger partial charge in [0.15, 0.2) is 0 Å². The summed E-state index contributed by atoms with van der Waals surface area (Å²) >= 11 is 0. The van der Waals surface area contributed by atoms with Crippen LogP contribution in [0.4, 0.5) is 4.39 Å². The molecule has 2 nitrogen and oxygen atoms in total. The molecule has 2 N–H and O–H groups in total. The summed E-state index contributed by atoms with van der Waals surface area (Å²) in [6, 6.07) is 12.4. The first-order valence-corrected chi connectivity index (χ1v) is 5.96. The van der Waals surface area contributed by atoms with Crippen molar-refractivity contribution in [3.63, 3.8) is 0 Å². The zero-order chi connectivity index (χ0) is 13.0. The van der Waals surface area contributed by atoms with Crippen molar-refractivity contribution in [2.24, 2.45) is 5.73 Å². The van der Waals surface area contributed by atoms with Gasteiger partial charge < -0.3 is 10.5 Å². The molecule has 0 atom stereocenters. The second-order valence-corrected chi connectivity index (χ2v) is 3.97. The Morgan fingerprint density at radius 1 is 1.17 bits per heavy atom. The third kappa shape index (κ3) is 2.68. The minimum absolute atomic E-state index is 0.264. The Labute approximate surface area is 106 Å². The quantitative estimate of drug-likeness (QED) is 0.896. The Morgan fingerprint density at radius 2 is 2.00 bits per heavy atom. The highest BCUT2D eigenvalue weighted by molar-refractivity contribution is 5.68. The summed E-state index contributed by atoms with van der Waals surface area (Å²) < 4.78 is 18.6. The van der Waals surface area contributed by atoms with Crippen LogP contribution < -0.4 is 10.5 Å². The topological polar surface area (TPSA) is 35.2 Å². The standard InChI is InChI=1S/C15H16FNO/c1-2-18-14-5-3-4-11(9-14)15-7-6-13(16)8-12(15)10-17/h3-9H,2,10,17H2,1H3. The van der Waals surface area contributed by atoms with Crippen molar-refractivity contribution in [1.82, 2.24) is 0 Å². The van der Waals surface area contributed by atoms with E-state index in [2.05, 4.69) is 0 Å². The predicted octanol–water partition coefficient (Wildman–Crippen LogP) is 3.35. The van der Waals surface area contributed by atoms with Gasteiger partial charge in [-0.25, -0.2) is 4.39 Å². The van der Waals surface area contributed by atoms with Gasteiger partial charge in [-0.1, -0.05) is 18.2 Å². The van der Waals surface area contributed by atoms with Crippen molar-refractivity contribution in [3.8, 4) is 16.9 Å². The summed E-state index contributed by atoms with van der Waals surface area (Å²) in [7, 11) is 0. The van der Waals surface area contributed by atoms with Crippen LogP contribution in [-0.4, -0.2) is 6.61 Å². The van der Waals surface area contributed by atoms with E-state index in [-0.39, 0.29) is 5.82 Å².